The molecule has 2 amide bonds. The molecule has 0 unspecified atom stereocenters. The van der Waals surface area contributed by atoms with Crippen LogP contribution in [-0.2, 0) is 14.3 Å². The van der Waals surface area contributed by atoms with Crippen LogP contribution in [0.25, 0.3) is 0 Å². The van der Waals surface area contributed by atoms with Crippen LogP contribution < -0.4 is 10.1 Å². The molecule has 0 saturated carbocycles. The third-order valence-corrected chi connectivity index (χ3v) is 4.48. The summed E-state index contributed by atoms with van der Waals surface area (Å²) in [6.45, 7) is 3.97. The van der Waals surface area contributed by atoms with Crippen molar-refractivity contribution >= 4 is 29.3 Å². The summed E-state index contributed by atoms with van der Waals surface area (Å²) < 4.78 is 10.1. The van der Waals surface area contributed by atoms with Crippen molar-refractivity contribution in [2.24, 2.45) is 0 Å². The minimum Gasteiger partial charge on any atom is -0.497 e. The number of ether oxygens (including phenoxy) is 2. The van der Waals surface area contributed by atoms with Gasteiger partial charge in [-0.15, -0.1) is 0 Å². The number of hydrogen-bond donors (Lipinski definition) is 2. The first-order valence-corrected chi connectivity index (χ1v) is 9.19. The molecule has 0 radical (unpaired) electrons. The zero-order chi connectivity index (χ0) is 22.4. The van der Waals surface area contributed by atoms with Crippen LogP contribution in [0.5, 0.6) is 5.75 Å². The van der Waals surface area contributed by atoms with Crippen molar-refractivity contribution in [1.29, 1.82) is 0 Å². The van der Waals surface area contributed by atoms with E-state index in [1.54, 1.807) is 38.1 Å². The lowest BCUT2D eigenvalue weighted by Gasteiger charge is -2.17. The van der Waals surface area contributed by atoms with Gasteiger partial charge in [0.1, 0.15) is 11.4 Å². The number of carbonyl (C=O) groups is 4. The molecule has 30 heavy (non-hydrogen) atoms. The average Bonchev–Trinajstić information content (AvgIpc) is 2.99. The molecular formula is C21H25N3O6. The van der Waals surface area contributed by atoms with E-state index in [2.05, 4.69) is 10.3 Å². The largest absolute Gasteiger partial charge is 0.497 e. The van der Waals surface area contributed by atoms with Gasteiger partial charge < -0.3 is 24.7 Å². The number of methoxy groups -OCH3 is 1. The Morgan fingerprint density at radius 2 is 1.87 bits per heavy atom. The van der Waals surface area contributed by atoms with Gasteiger partial charge in [0.2, 0.25) is 5.91 Å². The Bertz CT molecular complexity index is 979. The second kappa shape index (κ2) is 9.73. The number of rotatable bonds is 8. The third kappa shape index (κ3) is 5.47. The highest BCUT2D eigenvalue weighted by Crippen LogP contribution is 2.19. The van der Waals surface area contributed by atoms with E-state index in [0.29, 0.717) is 28.3 Å². The molecule has 0 saturated heterocycles. The van der Waals surface area contributed by atoms with Crippen LogP contribution in [0.4, 0.5) is 5.69 Å². The maximum atomic E-state index is 12.3. The van der Waals surface area contributed by atoms with Gasteiger partial charge in [0.15, 0.2) is 12.4 Å². The molecule has 1 heterocycles. The summed E-state index contributed by atoms with van der Waals surface area (Å²) in [5.41, 5.74) is 2.13. The van der Waals surface area contributed by atoms with Gasteiger partial charge >= 0.3 is 5.97 Å². The van der Waals surface area contributed by atoms with Gasteiger partial charge in [0.05, 0.1) is 13.7 Å². The van der Waals surface area contributed by atoms with Crippen molar-refractivity contribution in [3.05, 3.63) is 46.8 Å². The molecule has 0 aliphatic heterocycles. The Morgan fingerprint density at radius 1 is 1.17 bits per heavy atom. The average molecular weight is 415 g/mol. The number of amides is 2. The number of anilines is 1. The van der Waals surface area contributed by atoms with Gasteiger partial charge in [-0.2, -0.15) is 0 Å². The Kier molecular flexibility index (Phi) is 7.35. The number of H-pyrrole nitrogens is 1. The van der Waals surface area contributed by atoms with Gasteiger partial charge in [-0.05, 0) is 38.5 Å². The lowest BCUT2D eigenvalue weighted by atomic mass is 10.1. The predicted molar refractivity (Wildman–Crippen MR) is 110 cm³/mol. The summed E-state index contributed by atoms with van der Waals surface area (Å²) in [5.74, 6) is -1.28. The zero-order valence-corrected chi connectivity index (χ0v) is 17.6. The number of ketones is 1. The summed E-state index contributed by atoms with van der Waals surface area (Å²) in [7, 11) is 2.95. The molecule has 2 N–H and O–H groups in total. The van der Waals surface area contributed by atoms with Crippen LogP contribution >= 0.6 is 0 Å². The van der Waals surface area contributed by atoms with Crippen molar-refractivity contribution in [3.8, 4) is 5.75 Å². The number of nitrogens with one attached hydrogen (secondary N) is 2. The van der Waals surface area contributed by atoms with E-state index in [9.17, 15) is 19.2 Å². The summed E-state index contributed by atoms with van der Waals surface area (Å²) >= 11 is 0. The first kappa shape index (κ1) is 22.7. The maximum absolute atomic E-state index is 12.3. The minimum atomic E-state index is -0.745. The molecular weight excluding hydrogens is 390 g/mol. The molecule has 0 fully saturated rings. The summed E-state index contributed by atoms with van der Waals surface area (Å²) in [6, 6.07) is 6.81. The number of nitrogens with zero attached hydrogens (tertiary/aromatic N) is 1. The summed E-state index contributed by atoms with van der Waals surface area (Å²) in [5, 5.41) is 2.66. The first-order valence-electron chi connectivity index (χ1n) is 9.19. The SMILES string of the molecule is COc1cccc(NC(=O)CN(C)C(=O)COC(=O)c2[nH]c(C)c(C(C)=O)c2C)c1. The molecule has 0 spiro atoms. The van der Waals surface area contributed by atoms with Crippen LogP contribution in [0.15, 0.2) is 24.3 Å². The van der Waals surface area contributed by atoms with Crippen molar-refractivity contribution in [2.75, 3.05) is 32.6 Å². The summed E-state index contributed by atoms with van der Waals surface area (Å²) in [4.78, 5) is 52.3. The second-order valence-corrected chi connectivity index (χ2v) is 6.79. The van der Waals surface area contributed by atoms with Crippen LogP contribution in [-0.4, -0.2) is 60.8 Å². The Balaban J connectivity index is 1.89. The van der Waals surface area contributed by atoms with E-state index < -0.39 is 24.4 Å². The maximum Gasteiger partial charge on any atom is 0.355 e. The molecule has 0 bridgehead atoms. The molecule has 0 aliphatic rings. The Hall–Kier alpha value is -3.62. The fraction of sp³-hybridized carbons (Fsp3) is 0.333. The number of aromatic nitrogens is 1. The van der Waals surface area contributed by atoms with Crippen molar-refractivity contribution in [2.45, 2.75) is 20.8 Å². The molecule has 1 aromatic carbocycles. The molecule has 2 rings (SSSR count). The van der Waals surface area contributed by atoms with Gasteiger partial charge in [-0.1, -0.05) is 6.07 Å². The van der Waals surface area contributed by atoms with Crippen molar-refractivity contribution in [1.82, 2.24) is 9.88 Å². The standard InChI is InChI=1S/C21H25N3O6/c1-12-19(14(3)25)13(2)22-20(12)21(28)30-11-18(27)24(4)10-17(26)23-15-7-6-8-16(9-15)29-5/h6-9,22H,10-11H2,1-5H3,(H,23,26). The minimum absolute atomic E-state index is 0.129. The summed E-state index contributed by atoms with van der Waals surface area (Å²) in [6.07, 6.45) is 0. The van der Waals surface area contributed by atoms with Gasteiger partial charge in [-0.3, -0.25) is 14.4 Å². The molecule has 9 heteroatoms. The number of carbonyl (C=O) groups excluding carboxylic acids is 4. The van der Waals surface area contributed by atoms with Crippen LogP contribution in [0, 0.1) is 13.8 Å². The van der Waals surface area contributed by atoms with Crippen LogP contribution in [0.3, 0.4) is 0 Å². The quantitative estimate of drug-likeness (QED) is 0.504. The first-order chi connectivity index (χ1) is 14.1. The van der Waals surface area contributed by atoms with E-state index >= 15 is 0 Å². The topological polar surface area (TPSA) is 118 Å². The molecule has 0 aliphatic carbocycles. The number of aromatic amines is 1. The molecule has 1 aromatic heterocycles. The van der Waals surface area contributed by atoms with E-state index in [1.807, 2.05) is 0 Å². The zero-order valence-electron chi connectivity index (χ0n) is 17.6. The second-order valence-electron chi connectivity index (χ2n) is 6.79. The third-order valence-electron chi connectivity index (χ3n) is 4.48. The molecule has 0 atom stereocenters. The number of likely N-dealkylation sites (N-methyl/N-ethyl adjacent to an activating group) is 1. The van der Waals surface area contributed by atoms with Crippen molar-refractivity contribution in [3.63, 3.8) is 0 Å². The van der Waals surface area contributed by atoms with Crippen molar-refractivity contribution < 1.29 is 28.7 Å². The van der Waals surface area contributed by atoms with Crippen LogP contribution in [0.1, 0.15) is 39.0 Å². The molecule has 160 valence electrons. The van der Waals surface area contributed by atoms with Gasteiger partial charge in [-0.25, -0.2) is 4.79 Å². The number of benzene rings is 1. The van der Waals surface area contributed by atoms with E-state index in [1.165, 1.54) is 21.1 Å². The van der Waals surface area contributed by atoms with Crippen LogP contribution in [0.2, 0.25) is 0 Å². The predicted octanol–water partition coefficient (Wildman–Crippen LogP) is 2.10. The van der Waals surface area contributed by atoms with E-state index in [-0.39, 0.29) is 18.0 Å². The fourth-order valence-corrected chi connectivity index (χ4v) is 3.00. The highest BCUT2D eigenvalue weighted by Gasteiger charge is 2.22. The van der Waals surface area contributed by atoms with E-state index in [0.717, 1.165) is 4.90 Å². The lowest BCUT2D eigenvalue weighted by Crippen LogP contribution is -2.37. The molecule has 2 aromatic rings. The number of hydrogen-bond acceptors (Lipinski definition) is 6. The number of aryl methyl sites for hydroxylation is 1. The van der Waals surface area contributed by atoms with Gasteiger partial charge in [0, 0.05) is 30.1 Å². The molecule has 9 nitrogen and oxygen atoms in total. The highest BCUT2D eigenvalue weighted by molar-refractivity contribution is 6.01. The van der Waals surface area contributed by atoms with Gasteiger partial charge in [0.25, 0.3) is 5.91 Å². The highest BCUT2D eigenvalue weighted by atomic mass is 16.5. The fourth-order valence-electron chi connectivity index (χ4n) is 3.00. The lowest BCUT2D eigenvalue weighted by molar-refractivity contribution is -0.136. The normalized spacial score (nSPS) is 10.3. The number of Topliss-reactive ketones (excluding diaryl/α,β-unsaturated/α-hetero) is 1. The number of esters is 1. The Morgan fingerprint density at radius 3 is 2.47 bits per heavy atom. The Labute approximate surface area is 174 Å². The smallest absolute Gasteiger partial charge is 0.355 e. The monoisotopic (exact) mass is 415 g/mol. The van der Waals surface area contributed by atoms with E-state index in [4.69, 9.17) is 9.47 Å².